The Morgan fingerprint density at radius 3 is 2.64 bits per heavy atom. The van der Waals surface area contributed by atoms with Crippen molar-refractivity contribution in [1.29, 1.82) is 0 Å². The van der Waals surface area contributed by atoms with Gasteiger partial charge in [-0.05, 0) is 42.7 Å². The number of ether oxygens (including phenoxy) is 1. The molecule has 130 valence electrons. The summed E-state index contributed by atoms with van der Waals surface area (Å²) >= 11 is 0. The van der Waals surface area contributed by atoms with E-state index in [4.69, 9.17) is 4.74 Å². The van der Waals surface area contributed by atoms with E-state index in [2.05, 4.69) is 11.9 Å². The van der Waals surface area contributed by atoms with Crippen LogP contribution in [0, 0.1) is 6.92 Å². The van der Waals surface area contributed by atoms with Gasteiger partial charge in [-0.15, -0.1) is 0 Å². The highest BCUT2D eigenvalue weighted by atomic mass is 16.5. The minimum atomic E-state index is -0.0291. The lowest BCUT2D eigenvalue weighted by Crippen LogP contribution is -2.24. The molecule has 0 aliphatic heterocycles. The molecule has 0 atom stereocenters. The van der Waals surface area contributed by atoms with E-state index >= 15 is 0 Å². The fourth-order valence-corrected chi connectivity index (χ4v) is 2.54. The van der Waals surface area contributed by atoms with Crippen molar-refractivity contribution in [2.45, 2.75) is 26.8 Å². The van der Waals surface area contributed by atoms with Gasteiger partial charge < -0.3 is 10.1 Å². The van der Waals surface area contributed by atoms with E-state index in [0.29, 0.717) is 19.6 Å². The first-order valence-electron chi connectivity index (χ1n) is 8.47. The number of benzene rings is 2. The average molecular weight is 335 g/mol. The zero-order chi connectivity index (χ0) is 18.1. The summed E-state index contributed by atoms with van der Waals surface area (Å²) in [5.74, 6) is 0.755. The molecule has 0 spiro atoms. The van der Waals surface area contributed by atoms with E-state index in [9.17, 15) is 4.79 Å². The Morgan fingerprint density at radius 2 is 1.96 bits per heavy atom. The zero-order valence-corrected chi connectivity index (χ0v) is 14.9. The van der Waals surface area contributed by atoms with Gasteiger partial charge >= 0.3 is 0 Å². The van der Waals surface area contributed by atoms with E-state index in [1.807, 2.05) is 74.5 Å². The molecule has 0 heterocycles. The molecule has 0 unspecified atom stereocenters. The third-order valence-corrected chi connectivity index (χ3v) is 3.88. The summed E-state index contributed by atoms with van der Waals surface area (Å²) in [5.41, 5.74) is 4.39. The van der Waals surface area contributed by atoms with E-state index in [1.165, 1.54) is 5.56 Å². The number of hydrogen-bond donors (Lipinski definition) is 1. The van der Waals surface area contributed by atoms with Gasteiger partial charge in [0, 0.05) is 6.54 Å². The smallest absolute Gasteiger partial charge is 0.223 e. The third kappa shape index (κ3) is 5.64. The van der Waals surface area contributed by atoms with Crippen LogP contribution in [0.3, 0.4) is 0 Å². The molecule has 1 N–H and O–H groups in total. The quantitative estimate of drug-likeness (QED) is 0.755. The molecule has 2 aromatic carbocycles. The fourth-order valence-electron chi connectivity index (χ4n) is 2.54. The van der Waals surface area contributed by atoms with E-state index in [-0.39, 0.29) is 5.91 Å². The van der Waals surface area contributed by atoms with Gasteiger partial charge in [0.15, 0.2) is 0 Å². The Balaban J connectivity index is 1.84. The van der Waals surface area contributed by atoms with E-state index < -0.39 is 0 Å². The molecule has 1 amide bonds. The number of carbonyl (C=O) groups excluding carboxylic acids is 1. The van der Waals surface area contributed by atoms with Crippen LogP contribution in [0.15, 0.2) is 55.1 Å². The van der Waals surface area contributed by atoms with Crippen molar-refractivity contribution in [3.05, 3.63) is 77.4 Å². The van der Waals surface area contributed by atoms with Gasteiger partial charge in [0.1, 0.15) is 5.75 Å². The molecule has 3 nitrogen and oxygen atoms in total. The zero-order valence-electron chi connectivity index (χ0n) is 14.9. The monoisotopic (exact) mass is 335 g/mol. The first-order valence-corrected chi connectivity index (χ1v) is 8.47. The number of allylic oxidation sites excluding steroid dienone is 1. The Hall–Kier alpha value is -2.81. The summed E-state index contributed by atoms with van der Waals surface area (Å²) in [6, 6.07) is 13.8. The summed E-state index contributed by atoms with van der Waals surface area (Å²) in [7, 11) is 0. The maximum atomic E-state index is 12.0. The summed E-state index contributed by atoms with van der Waals surface area (Å²) in [4.78, 5) is 12.0. The van der Waals surface area contributed by atoms with Gasteiger partial charge in [-0.1, -0.05) is 60.7 Å². The van der Waals surface area contributed by atoms with Crippen LogP contribution < -0.4 is 10.1 Å². The number of hydrogen-bond acceptors (Lipinski definition) is 2. The number of carbonyl (C=O) groups is 1. The SMILES string of the molecule is C=Cc1c(/C=C\C)cccc1CNC(=O)CCOc1ccc(C)cc1. The lowest BCUT2D eigenvalue weighted by atomic mass is 10.0. The van der Waals surface area contributed by atoms with Crippen molar-refractivity contribution in [3.8, 4) is 5.75 Å². The second kappa shape index (κ2) is 9.48. The number of aryl methyl sites for hydroxylation is 1. The number of nitrogens with one attached hydrogen (secondary N) is 1. The van der Waals surface area contributed by atoms with Crippen molar-refractivity contribution in [2.24, 2.45) is 0 Å². The van der Waals surface area contributed by atoms with Gasteiger partial charge in [0.25, 0.3) is 0 Å². The highest BCUT2D eigenvalue weighted by Crippen LogP contribution is 2.18. The van der Waals surface area contributed by atoms with Crippen LogP contribution in [0.4, 0.5) is 0 Å². The molecular formula is C22H25NO2. The average Bonchev–Trinajstić information content (AvgIpc) is 2.62. The van der Waals surface area contributed by atoms with Crippen molar-refractivity contribution in [3.63, 3.8) is 0 Å². The predicted octanol–water partition coefficient (Wildman–Crippen LogP) is 4.76. The Labute approximate surface area is 150 Å². The van der Waals surface area contributed by atoms with Gasteiger partial charge in [-0.2, -0.15) is 0 Å². The van der Waals surface area contributed by atoms with Crippen molar-refractivity contribution in [2.75, 3.05) is 6.61 Å². The molecular weight excluding hydrogens is 310 g/mol. The van der Waals surface area contributed by atoms with Gasteiger partial charge in [0.2, 0.25) is 5.91 Å². The summed E-state index contributed by atoms with van der Waals surface area (Å²) in [6.45, 7) is 8.74. The predicted molar refractivity (Wildman–Crippen MR) is 104 cm³/mol. The molecule has 2 rings (SSSR count). The number of amides is 1. The second-order valence-electron chi connectivity index (χ2n) is 5.81. The molecule has 0 fully saturated rings. The number of rotatable bonds is 8. The molecule has 25 heavy (non-hydrogen) atoms. The first-order chi connectivity index (χ1) is 12.1. The molecule has 0 radical (unpaired) electrons. The third-order valence-electron chi connectivity index (χ3n) is 3.88. The van der Waals surface area contributed by atoms with E-state index in [0.717, 1.165) is 22.4 Å². The summed E-state index contributed by atoms with van der Waals surface area (Å²) < 4.78 is 5.59. The van der Waals surface area contributed by atoms with Crippen LogP contribution in [0.1, 0.15) is 35.6 Å². The normalized spacial score (nSPS) is 10.6. The Bertz CT molecular complexity index is 745. The molecule has 0 bridgehead atoms. The summed E-state index contributed by atoms with van der Waals surface area (Å²) in [5, 5.41) is 2.95. The fraction of sp³-hybridized carbons (Fsp3) is 0.227. The standard InChI is InChI=1S/C22H25NO2/c1-4-7-18-8-6-9-19(21(18)5-2)16-23-22(24)14-15-25-20-12-10-17(3)11-13-20/h4-13H,2,14-16H2,1,3H3,(H,23,24)/b7-4-. The maximum absolute atomic E-state index is 12.0. The van der Waals surface area contributed by atoms with Crippen LogP contribution in [-0.4, -0.2) is 12.5 Å². The largest absolute Gasteiger partial charge is 0.493 e. The molecule has 0 aromatic heterocycles. The lowest BCUT2D eigenvalue weighted by molar-refractivity contribution is -0.121. The van der Waals surface area contributed by atoms with Crippen LogP contribution in [0.5, 0.6) is 5.75 Å². The minimum absolute atomic E-state index is 0.0291. The van der Waals surface area contributed by atoms with Gasteiger partial charge in [-0.25, -0.2) is 0 Å². The Kier molecular flexibility index (Phi) is 7.02. The molecule has 2 aromatic rings. The van der Waals surface area contributed by atoms with E-state index in [1.54, 1.807) is 0 Å². The van der Waals surface area contributed by atoms with Crippen LogP contribution in [0.25, 0.3) is 12.2 Å². The van der Waals surface area contributed by atoms with Gasteiger partial charge in [0.05, 0.1) is 13.0 Å². The van der Waals surface area contributed by atoms with Crippen LogP contribution >= 0.6 is 0 Å². The van der Waals surface area contributed by atoms with Gasteiger partial charge in [-0.3, -0.25) is 4.79 Å². The van der Waals surface area contributed by atoms with Crippen LogP contribution in [-0.2, 0) is 11.3 Å². The molecule has 3 heteroatoms. The molecule has 0 aliphatic carbocycles. The molecule has 0 aliphatic rings. The van der Waals surface area contributed by atoms with Crippen LogP contribution in [0.2, 0.25) is 0 Å². The van der Waals surface area contributed by atoms with Crippen molar-refractivity contribution >= 4 is 18.1 Å². The molecule has 0 saturated heterocycles. The second-order valence-corrected chi connectivity index (χ2v) is 5.81. The maximum Gasteiger partial charge on any atom is 0.223 e. The Morgan fingerprint density at radius 1 is 1.20 bits per heavy atom. The highest BCUT2D eigenvalue weighted by Gasteiger charge is 2.06. The first kappa shape index (κ1) is 18.5. The minimum Gasteiger partial charge on any atom is -0.493 e. The van der Waals surface area contributed by atoms with Crippen molar-refractivity contribution in [1.82, 2.24) is 5.32 Å². The summed E-state index contributed by atoms with van der Waals surface area (Å²) in [6.07, 6.45) is 6.19. The molecule has 0 saturated carbocycles. The van der Waals surface area contributed by atoms with Crippen molar-refractivity contribution < 1.29 is 9.53 Å². The highest BCUT2D eigenvalue weighted by molar-refractivity contribution is 5.76. The topological polar surface area (TPSA) is 38.3 Å². The lowest BCUT2D eigenvalue weighted by Gasteiger charge is -2.11.